The van der Waals surface area contributed by atoms with E-state index in [1.807, 2.05) is 11.8 Å². The van der Waals surface area contributed by atoms with Crippen molar-refractivity contribution in [1.82, 2.24) is 5.32 Å². The molecule has 29 valence electrons. The molecule has 0 aliphatic carbocycles. The van der Waals surface area contributed by atoms with Crippen LogP contribution in [0.3, 0.4) is 0 Å². The van der Waals surface area contributed by atoms with Crippen molar-refractivity contribution in [3.05, 3.63) is 0 Å². The molecule has 1 fully saturated rings. The SMILES string of the molecule is C1CSC[N]1. The van der Waals surface area contributed by atoms with E-state index in [9.17, 15) is 0 Å². The molecule has 0 N–H and O–H groups in total. The molecular formula is C3H6NS. The predicted octanol–water partition coefficient (Wildman–Crippen LogP) is 0.295. The Morgan fingerprint density at radius 1 is 1.60 bits per heavy atom. The lowest BCUT2D eigenvalue weighted by Crippen LogP contribution is -1.93. The van der Waals surface area contributed by atoms with E-state index in [1.54, 1.807) is 0 Å². The van der Waals surface area contributed by atoms with Crippen LogP contribution in [0.15, 0.2) is 0 Å². The molecule has 1 saturated heterocycles. The van der Waals surface area contributed by atoms with Crippen LogP contribution in [-0.4, -0.2) is 18.2 Å². The van der Waals surface area contributed by atoms with Gasteiger partial charge in [-0.25, -0.2) is 5.32 Å². The molecule has 1 rings (SSSR count). The highest BCUT2D eigenvalue weighted by atomic mass is 32.2. The first kappa shape index (κ1) is 3.50. The fraction of sp³-hybridized carbons (Fsp3) is 1.00. The average Bonchev–Trinajstić information content (AvgIpc) is 1.76. The summed E-state index contributed by atoms with van der Waals surface area (Å²) in [5.74, 6) is 2.29. The molecule has 1 heterocycles. The van der Waals surface area contributed by atoms with Gasteiger partial charge in [-0.15, -0.1) is 11.8 Å². The van der Waals surface area contributed by atoms with Gasteiger partial charge in [-0.3, -0.25) is 0 Å². The maximum atomic E-state index is 4.05. The summed E-state index contributed by atoms with van der Waals surface area (Å²) in [6.07, 6.45) is 0. The summed E-state index contributed by atoms with van der Waals surface area (Å²) >= 11 is 1.91. The van der Waals surface area contributed by atoms with Crippen molar-refractivity contribution in [3.8, 4) is 0 Å². The Kier molecular flexibility index (Phi) is 1.17. The van der Waals surface area contributed by atoms with Crippen LogP contribution in [0.1, 0.15) is 0 Å². The second kappa shape index (κ2) is 1.67. The number of rotatable bonds is 0. The second-order valence-corrected chi connectivity index (χ2v) is 2.06. The Bertz CT molecular complexity index is 18.5. The molecule has 0 unspecified atom stereocenters. The molecule has 0 amide bonds. The maximum Gasteiger partial charge on any atom is 0.0591 e. The Morgan fingerprint density at radius 3 is 2.80 bits per heavy atom. The van der Waals surface area contributed by atoms with Gasteiger partial charge in [0.05, 0.1) is 5.88 Å². The molecule has 1 radical (unpaired) electrons. The lowest BCUT2D eigenvalue weighted by molar-refractivity contribution is 0.865. The van der Waals surface area contributed by atoms with Gasteiger partial charge >= 0.3 is 0 Å². The molecule has 0 aromatic heterocycles. The summed E-state index contributed by atoms with van der Waals surface area (Å²) in [7, 11) is 0. The van der Waals surface area contributed by atoms with Crippen LogP contribution < -0.4 is 5.32 Å². The second-order valence-electron chi connectivity index (χ2n) is 0.985. The van der Waals surface area contributed by atoms with E-state index in [1.165, 1.54) is 5.75 Å². The molecule has 1 aliphatic rings. The Labute approximate surface area is 36.1 Å². The van der Waals surface area contributed by atoms with E-state index < -0.39 is 0 Å². The molecule has 0 saturated carbocycles. The van der Waals surface area contributed by atoms with Crippen molar-refractivity contribution in [2.75, 3.05) is 18.2 Å². The van der Waals surface area contributed by atoms with E-state index in [-0.39, 0.29) is 0 Å². The van der Waals surface area contributed by atoms with Gasteiger partial charge in [0, 0.05) is 12.3 Å². The molecule has 0 bridgehead atoms. The zero-order valence-electron chi connectivity index (χ0n) is 2.98. The topological polar surface area (TPSA) is 14.1 Å². The third-order valence-corrected chi connectivity index (χ3v) is 1.41. The summed E-state index contributed by atoms with van der Waals surface area (Å²) in [6.45, 7) is 1.09. The van der Waals surface area contributed by atoms with Crippen molar-refractivity contribution in [1.29, 1.82) is 0 Å². The summed E-state index contributed by atoms with van der Waals surface area (Å²) in [6, 6.07) is 0. The third kappa shape index (κ3) is 0.816. The highest BCUT2D eigenvalue weighted by molar-refractivity contribution is 7.99. The maximum absolute atomic E-state index is 4.05. The summed E-state index contributed by atoms with van der Waals surface area (Å²) < 4.78 is 0. The standard InChI is InChI=1S/C3H6NS/c1-2-5-3-4-1/h1-3H2. The lowest BCUT2D eigenvalue weighted by Gasteiger charge is -1.70. The number of thioether (sulfide) groups is 1. The minimum absolute atomic E-state index is 1.04. The number of nitrogens with zero attached hydrogens (tertiary/aromatic N) is 1. The molecular weight excluding hydrogens is 82.1 g/mol. The Balaban J connectivity index is 2.08. The van der Waals surface area contributed by atoms with Crippen LogP contribution in [0.4, 0.5) is 0 Å². The van der Waals surface area contributed by atoms with E-state index in [2.05, 4.69) is 5.32 Å². The van der Waals surface area contributed by atoms with Crippen molar-refractivity contribution >= 4 is 11.8 Å². The van der Waals surface area contributed by atoms with E-state index in [0.717, 1.165) is 12.4 Å². The smallest absolute Gasteiger partial charge is 0.0591 e. The highest BCUT2D eigenvalue weighted by Crippen LogP contribution is 2.01. The Hall–Kier alpha value is 0.310. The van der Waals surface area contributed by atoms with Crippen LogP contribution in [0, 0.1) is 0 Å². The summed E-state index contributed by atoms with van der Waals surface area (Å²) in [4.78, 5) is 0. The number of hydrogen-bond donors (Lipinski definition) is 0. The molecule has 0 aromatic rings. The minimum atomic E-state index is 1.04. The van der Waals surface area contributed by atoms with Crippen LogP contribution in [0.5, 0.6) is 0 Å². The minimum Gasteiger partial charge on any atom is -0.230 e. The zero-order valence-corrected chi connectivity index (χ0v) is 3.79. The third-order valence-electron chi connectivity index (χ3n) is 0.576. The summed E-state index contributed by atoms with van der Waals surface area (Å²) in [5, 5.41) is 4.05. The molecule has 0 aromatic carbocycles. The van der Waals surface area contributed by atoms with E-state index >= 15 is 0 Å². The van der Waals surface area contributed by atoms with Gasteiger partial charge in [0.2, 0.25) is 0 Å². The van der Waals surface area contributed by atoms with Crippen molar-refractivity contribution in [3.63, 3.8) is 0 Å². The zero-order chi connectivity index (χ0) is 3.54. The van der Waals surface area contributed by atoms with E-state index in [4.69, 9.17) is 0 Å². The lowest BCUT2D eigenvalue weighted by atomic mass is 10.8. The first-order valence-corrected chi connectivity index (χ1v) is 2.86. The first-order chi connectivity index (χ1) is 2.50. The van der Waals surface area contributed by atoms with Crippen LogP contribution >= 0.6 is 11.8 Å². The van der Waals surface area contributed by atoms with Crippen LogP contribution in [0.2, 0.25) is 0 Å². The predicted molar refractivity (Wildman–Crippen MR) is 24.3 cm³/mol. The average molecular weight is 88.2 g/mol. The largest absolute Gasteiger partial charge is 0.230 e. The van der Waals surface area contributed by atoms with Crippen LogP contribution in [0.25, 0.3) is 0 Å². The van der Waals surface area contributed by atoms with Crippen molar-refractivity contribution in [2.45, 2.75) is 0 Å². The fourth-order valence-electron chi connectivity index (χ4n) is 0.323. The van der Waals surface area contributed by atoms with Crippen LogP contribution in [-0.2, 0) is 0 Å². The molecule has 1 nitrogen and oxygen atoms in total. The monoisotopic (exact) mass is 88.0 g/mol. The van der Waals surface area contributed by atoms with Gasteiger partial charge in [-0.2, -0.15) is 0 Å². The molecule has 5 heavy (non-hydrogen) atoms. The number of hydrogen-bond acceptors (Lipinski definition) is 1. The normalized spacial score (nSPS) is 24.0. The molecule has 0 atom stereocenters. The van der Waals surface area contributed by atoms with Gasteiger partial charge in [0.15, 0.2) is 0 Å². The van der Waals surface area contributed by atoms with E-state index in [0.29, 0.717) is 0 Å². The summed E-state index contributed by atoms with van der Waals surface area (Å²) in [5.41, 5.74) is 0. The first-order valence-electron chi connectivity index (χ1n) is 1.71. The quantitative estimate of drug-likeness (QED) is 0.415. The van der Waals surface area contributed by atoms with Gasteiger partial charge < -0.3 is 0 Å². The van der Waals surface area contributed by atoms with Crippen molar-refractivity contribution in [2.24, 2.45) is 0 Å². The molecule has 0 spiro atoms. The Morgan fingerprint density at radius 2 is 2.60 bits per heavy atom. The van der Waals surface area contributed by atoms with Gasteiger partial charge in [-0.1, -0.05) is 0 Å². The highest BCUT2D eigenvalue weighted by Gasteiger charge is 1.95. The molecule has 2 heteroatoms. The van der Waals surface area contributed by atoms with Gasteiger partial charge in [0.25, 0.3) is 0 Å². The van der Waals surface area contributed by atoms with Gasteiger partial charge in [-0.05, 0) is 0 Å². The fourth-order valence-corrected chi connectivity index (χ4v) is 0.968. The van der Waals surface area contributed by atoms with Gasteiger partial charge in [0.1, 0.15) is 0 Å². The van der Waals surface area contributed by atoms with Crippen molar-refractivity contribution < 1.29 is 0 Å². The molecule has 1 aliphatic heterocycles.